The fourth-order valence-electron chi connectivity index (χ4n) is 1.02. The Balaban J connectivity index is 2.44. The number of ether oxygens (including phenoxy) is 1. The standard InChI is InChI=1S/C10H13BrN2O2/c1-2-15-7-6-13-10(14)9-8(11)4-3-5-12-9/h3-5H,2,6-7H2,1H3,(H,13,14). The highest BCUT2D eigenvalue weighted by molar-refractivity contribution is 9.10. The molecule has 1 heterocycles. The molecule has 0 fully saturated rings. The number of aromatic nitrogens is 1. The van der Waals surface area contributed by atoms with Crippen LogP contribution in [0.2, 0.25) is 0 Å². The van der Waals surface area contributed by atoms with E-state index < -0.39 is 0 Å². The van der Waals surface area contributed by atoms with Crippen LogP contribution in [0.3, 0.4) is 0 Å². The molecule has 82 valence electrons. The molecule has 0 aliphatic heterocycles. The maximum absolute atomic E-state index is 11.6. The molecule has 0 unspecified atom stereocenters. The molecule has 1 rings (SSSR count). The quantitative estimate of drug-likeness (QED) is 0.829. The molecule has 0 spiro atoms. The molecular weight excluding hydrogens is 260 g/mol. The number of carbonyl (C=O) groups is 1. The number of nitrogens with zero attached hydrogens (tertiary/aromatic N) is 1. The predicted molar refractivity (Wildman–Crippen MR) is 60.8 cm³/mol. The van der Waals surface area contributed by atoms with Gasteiger partial charge in [-0.05, 0) is 35.0 Å². The monoisotopic (exact) mass is 272 g/mol. The Morgan fingerprint density at radius 1 is 1.67 bits per heavy atom. The van der Waals surface area contributed by atoms with Crippen molar-refractivity contribution in [2.45, 2.75) is 6.92 Å². The first-order valence-corrected chi connectivity index (χ1v) is 5.51. The summed E-state index contributed by atoms with van der Waals surface area (Å²) in [5.41, 5.74) is 0.397. The Kier molecular flexibility index (Phi) is 5.28. The van der Waals surface area contributed by atoms with Gasteiger partial charge in [-0.25, -0.2) is 4.98 Å². The first-order chi connectivity index (χ1) is 7.25. The lowest BCUT2D eigenvalue weighted by molar-refractivity contribution is 0.0917. The Labute approximate surface area is 97.2 Å². The molecule has 1 N–H and O–H groups in total. The summed E-state index contributed by atoms with van der Waals surface area (Å²) in [6, 6.07) is 3.55. The number of carbonyl (C=O) groups excluding carboxylic acids is 1. The van der Waals surface area contributed by atoms with Crippen molar-refractivity contribution >= 4 is 21.8 Å². The fourth-order valence-corrected chi connectivity index (χ4v) is 1.45. The molecule has 1 amide bonds. The molecule has 0 radical (unpaired) electrons. The number of nitrogens with one attached hydrogen (secondary N) is 1. The van der Waals surface area contributed by atoms with Crippen molar-refractivity contribution in [1.82, 2.24) is 10.3 Å². The van der Waals surface area contributed by atoms with E-state index in [1.165, 1.54) is 0 Å². The van der Waals surface area contributed by atoms with Gasteiger partial charge in [0.25, 0.3) is 5.91 Å². The summed E-state index contributed by atoms with van der Waals surface area (Å²) in [6.07, 6.45) is 1.59. The van der Waals surface area contributed by atoms with E-state index in [-0.39, 0.29) is 5.91 Å². The third-order valence-electron chi connectivity index (χ3n) is 1.71. The van der Waals surface area contributed by atoms with Gasteiger partial charge < -0.3 is 10.1 Å². The van der Waals surface area contributed by atoms with Gasteiger partial charge >= 0.3 is 0 Å². The highest BCUT2D eigenvalue weighted by atomic mass is 79.9. The summed E-state index contributed by atoms with van der Waals surface area (Å²) in [5.74, 6) is -0.192. The Morgan fingerprint density at radius 3 is 3.13 bits per heavy atom. The average molecular weight is 273 g/mol. The van der Waals surface area contributed by atoms with Crippen LogP contribution >= 0.6 is 15.9 Å². The zero-order valence-corrected chi connectivity index (χ0v) is 10.1. The van der Waals surface area contributed by atoms with Crippen LogP contribution in [0, 0.1) is 0 Å². The Bertz CT molecular complexity index is 331. The minimum absolute atomic E-state index is 0.192. The van der Waals surface area contributed by atoms with Crippen molar-refractivity contribution in [1.29, 1.82) is 0 Å². The number of amides is 1. The maximum atomic E-state index is 11.6. The summed E-state index contributed by atoms with van der Waals surface area (Å²) in [6.45, 7) is 3.59. The Morgan fingerprint density at radius 2 is 2.47 bits per heavy atom. The van der Waals surface area contributed by atoms with Gasteiger partial charge in [0, 0.05) is 23.8 Å². The highest BCUT2D eigenvalue weighted by Gasteiger charge is 2.09. The molecule has 0 aromatic carbocycles. The number of pyridine rings is 1. The van der Waals surface area contributed by atoms with E-state index in [1.807, 2.05) is 6.92 Å². The van der Waals surface area contributed by atoms with E-state index in [9.17, 15) is 4.79 Å². The lowest BCUT2D eigenvalue weighted by Gasteiger charge is -2.05. The molecule has 5 heteroatoms. The highest BCUT2D eigenvalue weighted by Crippen LogP contribution is 2.12. The largest absolute Gasteiger partial charge is 0.380 e. The van der Waals surface area contributed by atoms with Crippen LogP contribution in [0.5, 0.6) is 0 Å². The molecule has 1 aromatic rings. The zero-order valence-electron chi connectivity index (χ0n) is 8.50. The van der Waals surface area contributed by atoms with E-state index in [1.54, 1.807) is 18.3 Å². The molecular formula is C10H13BrN2O2. The van der Waals surface area contributed by atoms with Gasteiger partial charge in [0.2, 0.25) is 0 Å². The summed E-state index contributed by atoms with van der Waals surface area (Å²) >= 11 is 3.26. The lowest BCUT2D eigenvalue weighted by Crippen LogP contribution is -2.28. The van der Waals surface area contributed by atoms with Crippen LogP contribution in [0.25, 0.3) is 0 Å². The van der Waals surface area contributed by atoms with Crippen LogP contribution in [-0.4, -0.2) is 30.6 Å². The summed E-state index contributed by atoms with van der Waals surface area (Å²) in [4.78, 5) is 15.5. The molecule has 0 aliphatic rings. The summed E-state index contributed by atoms with van der Waals surface area (Å²) < 4.78 is 5.80. The third kappa shape index (κ3) is 3.97. The van der Waals surface area contributed by atoms with Crippen LogP contribution < -0.4 is 5.32 Å². The number of halogens is 1. The first-order valence-electron chi connectivity index (χ1n) is 4.72. The summed E-state index contributed by atoms with van der Waals surface area (Å²) in [5, 5.41) is 2.72. The van der Waals surface area contributed by atoms with Crippen molar-refractivity contribution in [3.8, 4) is 0 Å². The topological polar surface area (TPSA) is 51.2 Å². The van der Waals surface area contributed by atoms with Crippen LogP contribution in [0.4, 0.5) is 0 Å². The first kappa shape index (κ1) is 12.1. The Hall–Kier alpha value is -0.940. The second-order valence-electron chi connectivity index (χ2n) is 2.79. The van der Waals surface area contributed by atoms with Crippen molar-refractivity contribution in [2.75, 3.05) is 19.8 Å². The lowest BCUT2D eigenvalue weighted by atomic mass is 10.3. The minimum atomic E-state index is -0.192. The van der Waals surface area contributed by atoms with Crippen molar-refractivity contribution in [3.05, 3.63) is 28.5 Å². The van der Waals surface area contributed by atoms with E-state index in [2.05, 4.69) is 26.2 Å². The minimum Gasteiger partial charge on any atom is -0.380 e. The van der Waals surface area contributed by atoms with Gasteiger partial charge in [0.05, 0.1) is 6.61 Å². The second-order valence-corrected chi connectivity index (χ2v) is 3.64. The molecule has 4 nitrogen and oxygen atoms in total. The fraction of sp³-hybridized carbons (Fsp3) is 0.400. The second kappa shape index (κ2) is 6.53. The van der Waals surface area contributed by atoms with Crippen molar-refractivity contribution in [3.63, 3.8) is 0 Å². The molecule has 15 heavy (non-hydrogen) atoms. The number of rotatable bonds is 5. The third-order valence-corrected chi connectivity index (χ3v) is 2.35. The van der Waals surface area contributed by atoms with Crippen LogP contribution in [-0.2, 0) is 4.74 Å². The van der Waals surface area contributed by atoms with Gasteiger partial charge in [-0.15, -0.1) is 0 Å². The molecule has 0 atom stereocenters. The molecule has 0 bridgehead atoms. The smallest absolute Gasteiger partial charge is 0.271 e. The van der Waals surface area contributed by atoms with Gasteiger partial charge in [-0.3, -0.25) is 4.79 Å². The molecule has 0 aliphatic carbocycles. The van der Waals surface area contributed by atoms with Crippen LogP contribution in [0.1, 0.15) is 17.4 Å². The van der Waals surface area contributed by atoms with Gasteiger partial charge in [0.15, 0.2) is 0 Å². The number of hydrogen-bond donors (Lipinski definition) is 1. The summed E-state index contributed by atoms with van der Waals surface area (Å²) in [7, 11) is 0. The van der Waals surface area contributed by atoms with E-state index in [0.29, 0.717) is 29.9 Å². The van der Waals surface area contributed by atoms with Crippen molar-refractivity contribution < 1.29 is 9.53 Å². The van der Waals surface area contributed by atoms with E-state index >= 15 is 0 Å². The van der Waals surface area contributed by atoms with Gasteiger partial charge in [-0.1, -0.05) is 0 Å². The van der Waals surface area contributed by atoms with E-state index in [0.717, 1.165) is 0 Å². The van der Waals surface area contributed by atoms with Crippen molar-refractivity contribution in [2.24, 2.45) is 0 Å². The van der Waals surface area contributed by atoms with E-state index in [4.69, 9.17) is 4.74 Å². The van der Waals surface area contributed by atoms with Crippen LogP contribution in [0.15, 0.2) is 22.8 Å². The number of hydrogen-bond acceptors (Lipinski definition) is 3. The normalized spacial score (nSPS) is 10.0. The van der Waals surface area contributed by atoms with Gasteiger partial charge in [-0.2, -0.15) is 0 Å². The maximum Gasteiger partial charge on any atom is 0.271 e. The van der Waals surface area contributed by atoms with Gasteiger partial charge in [0.1, 0.15) is 5.69 Å². The zero-order chi connectivity index (χ0) is 11.1. The molecule has 0 saturated carbocycles. The average Bonchev–Trinajstić information content (AvgIpc) is 2.25. The SMILES string of the molecule is CCOCCNC(=O)c1ncccc1Br. The predicted octanol–water partition coefficient (Wildman–Crippen LogP) is 1.61. The molecule has 0 saturated heterocycles. The molecule has 1 aromatic heterocycles.